The largest absolute Gasteiger partial charge is 0.327 e. The fourth-order valence-electron chi connectivity index (χ4n) is 2.97. The topological polar surface area (TPSA) is 26.0 Å². The van der Waals surface area contributed by atoms with Crippen LogP contribution in [0.2, 0.25) is 0 Å². The lowest BCUT2D eigenvalue weighted by atomic mass is 9.98. The molecule has 0 spiro atoms. The number of benzene rings is 2. The van der Waals surface area contributed by atoms with E-state index in [-0.39, 0.29) is 0 Å². The summed E-state index contributed by atoms with van der Waals surface area (Å²) in [7, 11) is 0. The van der Waals surface area contributed by atoms with Crippen molar-refractivity contribution in [1.29, 1.82) is 0 Å². The third kappa shape index (κ3) is 3.00. The molecule has 0 aliphatic heterocycles. The molecule has 0 radical (unpaired) electrons. The van der Waals surface area contributed by atoms with E-state index in [4.69, 9.17) is 5.73 Å². The number of hydrogen-bond acceptors (Lipinski definition) is 1. The van der Waals surface area contributed by atoms with Crippen molar-refractivity contribution < 1.29 is 0 Å². The van der Waals surface area contributed by atoms with Gasteiger partial charge in [0.2, 0.25) is 0 Å². The molecular formula is C19H21N. The van der Waals surface area contributed by atoms with Gasteiger partial charge in [-0.15, -0.1) is 0 Å². The second kappa shape index (κ2) is 6.06. The summed E-state index contributed by atoms with van der Waals surface area (Å²) in [6.45, 7) is 0. The van der Waals surface area contributed by atoms with Gasteiger partial charge in [-0.1, -0.05) is 60.7 Å². The van der Waals surface area contributed by atoms with E-state index in [1.807, 2.05) is 0 Å². The maximum atomic E-state index is 5.78. The fraction of sp³-hybridized carbons (Fsp3) is 0.263. The van der Waals surface area contributed by atoms with Crippen LogP contribution in [0.4, 0.5) is 0 Å². The lowest BCUT2D eigenvalue weighted by Gasteiger charge is -2.07. The minimum absolute atomic E-state index is 0.373. The summed E-state index contributed by atoms with van der Waals surface area (Å²) in [5.74, 6) is 0. The van der Waals surface area contributed by atoms with Crippen molar-refractivity contribution in [3.8, 4) is 0 Å². The van der Waals surface area contributed by atoms with Crippen LogP contribution in [0.15, 0.2) is 54.6 Å². The molecule has 0 saturated carbocycles. The lowest BCUT2D eigenvalue weighted by molar-refractivity contribution is 0.721. The number of rotatable bonds is 0. The monoisotopic (exact) mass is 263 g/mol. The number of hydrogen-bond donors (Lipinski definition) is 1. The molecule has 0 unspecified atom stereocenters. The van der Waals surface area contributed by atoms with Crippen molar-refractivity contribution in [1.82, 2.24) is 0 Å². The van der Waals surface area contributed by atoms with Gasteiger partial charge in [0.15, 0.2) is 0 Å². The Bertz CT molecular complexity index is 588. The van der Waals surface area contributed by atoms with Crippen LogP contribution in [0.25, 0.3) is 6.08 Å². The quantitative estimate of drug-likeness (QED) is 0.769. The van der Waals surface area contributed by atoms with Crippen molar-refractivity contribution in [2.45, 2.75) is 31.7 Å². The summed E-state index contributed by atoms with van der Waals surface area (Å²) in [6.07, 6.45) is 9.00. The van der Waals surface area contributed by atoms with Crippen LogP contribution in [-0.4, -0.2) is 6.04 Å². The van der Waals surface area contributed by atoms with Crippen molar-refractivity contribution in [3.63, 3.8) is 0 Å². The van der Waals surface area contributed by atoms with Gasteiger partial charge < -0.3 is 5.73 Å². The summed E-state index contributed by atoms with van der Waals surface area (Å²) in [5, 5.41) is 0. The summed E-state index contributed by atoms with van der Waals surface area (Å²) in [4.78, 5) is 0. The fourth-order valence-corrected chi connectivity index (χ4v) is 2.97. The van der Waals surface area contributed by atoms with Gasteiger partial charge in [-0.25, -0.2) is 0 Å². The molecule has 4 rings (SSSR count). The van der Waals surface area contributed by atoms with Gasteiger partial charge in [0.25, 0.3) is 0 Å². The van der Waals surface area contributed by atoms with Gasteiger partial charge in [0, 0.05) is 6.04 Å². The van der Waals surface area contributed by atoms with Gasteiger partial charge >= 0.3 is 0 Å². The highest BCUT2D eigenvalue weighted by atomic mass is 14.6. The maximum Gasteiger partial charge on any atom is 0.0120 e. The van der Waals surface area contributed by atoms with Crippen LogP contribution in [0.1, 0.15) is 28.7 Å². The first kappa shape index (κ1) is 13.1. The number of aryl methyl sites for hydroxylation is 1. The van der Waals surface area contributed by atoms with Gasteiger partial charge in [-0.2, -0.15) is 0 Å². The van der Waals surface area contributed by atoms with E-state index in [1.165, 1.54) is 35.1 Å². The molecule has 1 heteroatoms. The van der Waals surface area contributed by atoms with Crippen LogP contribution >= 0.6 is 0 Å². The maximum absolute atomic E-state index is 5.78. The predicted octanol–water partition coefficient (Wildman–Crippen LogP) is 3.76. The van der Waals surface area contributed by atoms with E-state index in [9.17, 15) is 0 Å². The second-order valence-electron chi connectivity index (χ2n) is 5.58. The Morgan fingerprint density at radius 3 is 2.05 bits per heavy atom. The molecule has 2 aromatic carbocycles. The van der Waals surface area contributed by atoms with Crippen LogP contribution in [0.5, 0.6) is 0 Å². The normalized spacial score (nSPS) is 16.1. The van der Waals surface area contributed by atoms with Gasteiger partial charge in [-0.3, -0.25) is 0 Å². The molecular weight excluding hydrogens is 242 g/mol. The number of allylic oxidation sites excluding steroid dienone is 1. The zero-order valence-electron chi connectivity index (χ0n) is 11.8. The first-order valence-electron chi connectivity index (χ1n) is 7.40. The van der Waals surface area contributed by atoms with Crippen LogP contribution < -0.4 is 5.73 Å². The van der Waals surface area contributed by atoms with E-state index in [1.54, 1.807) is 0 Å². The molecule has 20 heavy (non-hydrogen) atoms. The van der Waals surface area contributed by atoms with E-state index in [0.29, 0.717) is 6.04 Å². The molecule has 0 bridgehead atoms. The zero-order valence-corrected chi connectivity index (χ0v) is 11.8. The van der Waals surface area contributed by atoms with Gasteiger partial charge in [-0.05, 0) is 47.9 Å². The molecule has 0 aromatic heterocycles. The third-order valence-electron chi connectivity index (χ3n) is 4.02. The summed E-state index contributed by atoms with van der Waals surface area (Å²) < 4.78 is 0. The lowest BCUT2D eigenvalue weighted by Crippen LogP contribution is -2.18. The Kier molecular flexibility index (Phi) is 3.98. The highest BCUT2D eigenvalue weighted by molar-refractivity contribution is 5.55. The average molecular weight is 263 g/mol. The van der Waals surface area contributed by atoms with Crippen LogP contribution in [0, 0.1) is 0 Å². The van der Waals surface area contributed by atoms with Crippen molar-refractivity contribution in [2.75, 3.05) is 0 Å². The Morgan fingerprint density at radius 2 is 1.40 bits per heavy atom. The molecule has 2 aliphatic rings. The van der Waals surface area contributed by atoms with Crippen LogP contribution in [0.3, 0.4) is 0 Å². The molecule has 2 N–H and O–H groups in total. The molecule has 1 nitrogen and oxygen atoms in total. The number of nitrogens with two attached hydrogens (primary N) is 1. The third-order valence-corrected chi connectivity index (χ3v) is 4.02. The Morgan fingerprint density at radius 1 is 0.800 bits per heavy atom. The first-order valence-corrected chi connectivity index (χ1v) is 7.40. The molecule has 0 saturated heterocycles. The molecule has 0 fully saturated rings. The zero-order chi connectivity index (χ0) is 13.8. The molecule has 2 aliphatic carbocycles. The highest BCUT2D eigenvalue weighted by Gasteiger charge is 2.16. The molecule has 2 aromatic rings. The number of fused-ring (bicyclic) bond motifs is 2. The first-order chi connectivity index (χ1) is 9.83. The summed E-state index contributed by atoms with van der Waals surface area (Å²) in [6, 6.07) is 17.5. The predicted molar refractivity (Wildman–Crippen MR) is 85.6 cm³/mol. The van der Waals surface area contributed by atoms with Crippen LogP contribution in [-0.2, 0) is 19.3 Å². The summed E-state index contributed by atoms with van der Waals surface area (Å²) >= 11 is 0. The van der Waals surface area contributed by atoms with Gasteiger partial charge in [0.1, 0.15) is 0 Å². The molecule has 0 heterocycles. The average Bonchev–Trinajstić information content (AvgIpc) is 2.88. The summed E-state index contributed by atoms with van der Waals surface area (Å²) in [5.41, 5.74) is 11.6. The molecule has 0 atom stereocenters. The van der Waals surface area contributed by atoms with Crippen molar-refractivity contribution >= 4 is 6.08 Å². The van der Waals surface area contributed by atoms with E-state index >= 15 is 0 Å². The Hall–Kier alpha value is -1.86. The van der Waals surface area contributed by atoms with Crippen molar-refractivity contribution in [2.24, 2.45) is 5.73 Å². The highest BCUT2D eigenvalue weighted by Crippen LogP contribution is 2.20. The standard InChI is InChI=1S/C10H10.C9H11N/c1-2-6-10-8-4-3-7-9(10)5-1;10-9-5-7-3-1-2-4-8(7)6-9/h1-3,5-7H,4,8H2;1-4,9H,5-6,10H2. The minimum atomic E-state index is 0.373. The van der Waals surface area contributed by atoms with Gasteiger partial charge in [0.05, 0.1) is 0 Å². The SMILES string of the molecule is C1=Cc2ccccc2CC1.NC1Cc2ccccc2C1. The molecule has 0 amide bonds. The van der Waals surface area contributed by atoms with Crippen molar-refractivity contribution in [3.05, 3.63) is 76.9 Å². The van der Waals surface area contributed by atoms with E-state index in [0.717, 1.165) is 12.8 Å². The van der Waals surface area contributed by atoms with E-state index in [2.05, 4.69) is 60.7 Å². The Balaban J connectivity index is 0.000000121. The second-order valence-corrected chi connectivity index (χ2v) is 5.58. The smallest absolute Gasteiger partial charge is 0.0120 e. The van der Waals surface area contributed by atoms with E-state index < -0.39 is 0 Å². The Labute approximate surface area is 121 Å². The minimum Gasteiger partial charge on any atom is -0.327 e. The molecule has 102 valence electrons.